The molecule has 0 aliphatic carbocycles. The van der Waals surface area contributed by atoms with Crippen LogP contribution in [-0.2, 0) is 21.7 Å². The molecule has 1 amide bonds. The summed E-state index contributed by atoms with van der Waals surface area (Å²) in [6.45, 7) is 0.994. The van der Waals surface area contributed by atoms with E-state index in [1.807, 2.05) is 30.3 Å². The van der Waals surface area contributed by atoms with Crippen LogP contribution < -0.4 is 0 Å². The van der Waals surface area contributed by atoms with Crippen molar-refractivity contribution in [2.45, 2.75) is 43.8 Å². The fourth-order valence-corrected chi connectivity index (χ4v) is 4.12. The fraction of sp³-hybridized carbons (Fsp3) is 0.391. The minimum atomic E-state index is -0.921. The second-order valence-corrected chi connectivity index (χ2v) is 8.24. The molecule has 2 aliphatic heterocycles. The summed E-state index contributed by atoms with van der Waals surface area (Å²) < 4.78 is 0. The van der Waals surface area contributed by atoms with E-state index in [1.165, 1.54) is 5.56 Å². The number of nitrogens with zero attached hydrogens (tertiary/aromatic N) is 2. The van der Waals surface area contributed by atoms with Gasteiger partial charge >= 0.3 is 0 Å². The van der Waals surface area contributed by atoms with Crippen LogP contribution >= 0.6 is 11.6 Å². The number of likely N-dealkylation sites (tertiary alicyclic amines) is 1. The van der Waals surface area contributed by atoms with Gasteiger partial charge < -0.3 is 14.8 Å². The highest BCUT2D eigenvalue weighted by Gasteiger charge is 2.39. The average Bonchev–Trinajstić information content (AvgIpc) is 3.22. The van der Waals surface area contributed by atoms with Crippen LogP contribution in [0.2, 0.25) is 5.02 Å². The standard InChI is InChI=1S/C23H25ClN2O3/c24-19-9-7-18(8-10-19)23(28)12-14-26(15-13-23)22(27)21-16-20(25-29-21)11-6-17-4-2-1-3-5-17/h1-5,7-10,21,28H,6,11-16H2/t21-/m1/s1. The number of hydrogen-bond acceptors (Lipinski definition) is 4. The highest BCUT2D eigenvalue weighted by atomic mass is 35.5. The third-order valence-corrected chi connectivity index (χ3v) is 6.09. The van der Waals surface area contributed by atoms with Crippen LogP contribution in [0.1, 0.15) is 36.8 Å². The molecule has 2 aliphatic rings. The Bertz CT molecular complexity index is 875. The molecule has 0 radical (unpaired) electrons. The number of benzene rings is 2. The summed E-state index contributed by atoms with van der Waals surface area (Å²) in [4.78, 5) is 20.1. The Morgan fingerprint density at radius 3 is 2.48 bits per heavy atom. The quantitative estimate of drug-likeness (QED) is 0.809. The van der Waals surface area contributed by atoms with E-state index in [0.29, 0.717) is 37.4 Å². The molecule has 2 aromatic carbocycles. The number of piperidine rings is 1. The van der Waals surface area contributed by atoms with Gasteiger partial charge in [-0.1, -0.05) is 59.2 Å². The number of aliphatic hydroxyl groups is 1. The maximum Gasteiger partial charge on any atom is 0.266 e. The van der Waals surface area contributed by atoms with E-state index in [0.717, 1.165) is 24.1 Å². The molecule has 29 heavy (non-hydrogen) atoms. The van der Waals surface area contributed by atoms with E-state index in [2.05, 4.69) is 17.3 Å². The molecule has 1 fully saturated rings. The first-order valence-electron chi connectivity index (χ1n) is 10.1. The van der Waals surface area contributed by atoms with Crippen molar-refractivity contribution >= 4 is 23.2 Å². The first-order chi connectivity index (χ1) is 14.0. The Morgan fingerprint density at radius 2 is 1.79 bits per heavy atom. The van der Waals surface area contributed by atoms with Gasteiger partial charge in [0.05, 0.1) is 11.3 Å². The summed E-state index contributed by atoms with van der Waals surface area (Å²) in [5.41, 5.74) is 2.11. The molecular formula is C23H25ClN2O3. The molecule has 6 heteroatoms. The number of rotatable bonds is 5. The summed E-state index contributed by atoms with van der Waals surface area (Å²) in [7, 11) is 0. The number of amides is 1. The van der Waals surface area contributed by atoms with Gasteiger partial charge in [0.15, 0.2) is 0 Å². The lowest BCUT2D eigenvalue weighted by molar-refractivity contribution is -0.146. The molecule has 2 aromatic rings. The van der Waals surface area contributed by atoms with Gasteiger partial charge in [-0.15, -0.1) is 0 Å². The van der Waals surface area contributed by atoms with Crippen LogP contribution in [0.25, 0.3) is 0 Å². The molecule has 2 heterocycles. The normalized spacial score (nSPS) is 20.8. The third kappa shape index (κ3) is 4.62. The average molecular weight is 413 g/mol. The molecule has 0 unspecified atom stereocenters. The molecule has 1 atom stereocenters. The number of aryl methyl sites for hydroxylation is 1. The molecule has 1 saturated heterocycles. The first kappa shape index (κ1) is 19.9. The van der Waals surface area contributed by atoms with Crippen molar-refractivity contribution < 1.29 is 14.7 Å². The van der Waals surface area contributed by atoms with E-state index in [-0.39, 0.29) is 5.91 Å². The van der Waals surface area contributed by atoms with Crippen molar-refractivity contribution in [1.82, 2.24) is 4.90 Å². The number of hydrogen-bond donors (Lipinski definition) is 1. The molecule has 0 aromatic heterocycles. The second-order valence-electron chi connectivity index (χ2n) is 7.81. The Labute approximate surface area is 175 Å². The number of carbonyl (C=O) groups is 1. The largest absolute Gasteiger partial charge is 0.385 e. The first-order valence-corrected chi connectivity index (χ1v) is 10.4. The Hall–Kier alpha value is -2.37. The third-order valence-electron chi connectivity index (χ3n) is 5.83. The van der Waals surface area contributed by atoms with Gasteiger partial charge in [-0.25, -0.2) is 0 Å². The van der Waals surface area contributed by atoms with E-state index in [4.69, 9.17) is 16.4 Å². The zero-order valence-electron chi connectivity index (χ0n) is 16.3. The van der Waals surface area contributed by atoms with Crippen LogP contribution in [0.5, 0.6) is 0 Å². The number of oxime groups is 1. The van der Waals surface area contributed by atoms with Crippen molar-refractivity contribution in [2.24, 2.45) is 5.16 Å². The van der Waals surface area contributed by atoms with Crippen molar-refractivity contribution in [3.8, 4) is 0 Å². The summed E-state index contributed by atoms with van der Waals surface area (Å²) in [5, 5.41) is 15.8. The van der Waals surface area contributed by atoms with Crippen molar-refractivity contribution in [3.05, 3.63) is 70.7 Å². The predicted molar refractivity (Wildman–Crippen MR) is 113 cm³/mol. The van der Waals surface area contributed by atoms with Gasteiger partial charge in [0.1, 0.15) is 0 Å². The van der Waals surface area contributed by atoms with Gasteiger partial charge in [-0.2, -0.15) is 0 Å². The molecule has 0 bridgehead atoms. The lowest BCUT2D eigenvalue weighted by atomic mass is 9.84. The van der Waals surface area contributed by atoms with Crippen LogP contribution in [0.4, 0.5) is 0 Å². The molecule has 0 saturated carbocycles. The Balaban J connectivity index is 1.27. The molecule has 5 nitrogen and oxygen atoms in total. The van der Waals surface area contributed by atoms with Gasteiger partial charge in [-0.3, -0.25) is 4.79 Å². The van der Waals surface area contributed by atoms with Gasteiger partial charge in [-0.05, 0) is 48.9 Å². The van der Waals surface area contributed by atoms with E-state index >= 15 is 0 Å². The lowest BCUT2D eigenvalue weighted by Gasteiger charge is -2.39. The molecule has 1 N–H and O–H groups in total. The SMILES string of the molecule is O=C([C@H]1CC(CCc2ccccc2)=NO1)N1CCC(O)(c2ccc(Cl)cc2)CC1. The zero-order chi connectivity index (χ0) is 20.3. The van der Waals surface area contributed by atoms with Crippen molar-refractivity contribution in [1.29, 1.82) is 0 Å². The minimum Gasteiger partial charge on any atom is -0.385 e. The zero-order valence-corrected chi connectivity index (χ0v) is 17.0. The highest BCUT2D eigenvalue weighted by Crippen LogP contribution is 2.34. The topological polar surface area (TPSA) is 62.1 Å². The second kappa shape index (κ2) is 8.56. The van der Waals surface area contributed by atoms with Crippen LogP contribution in [-0.4, -0.2) is 40.8 Å². The predicted octanol–water partition coefficient (Wildman–Crippen LogP) is 3.93. The minimum absolute atomic E-state index is 0.0402. The molecule has 4 rings (SSSR count). The monoisotopic (exact) mass is 412 g/mol. The van der Waals surface area contributed by atoms with Gasteiger partial charge in [0.25, 0.3) is 5.91 Å². The van der Waals surface area contributed by atoms with Crippen LogP contribution in [0.3, 0.4) is 0 Å². The summed E-state index contributed by atoms with van der Waals surface area (Å²) in [6, 6.07) is 17.5. The van der Waals surface area contributed by atoms with Crippen molar-refractivity contribution in [3.63, 3.8) is 0 Å². The smallest absolute Gasteiger partial charge is 0.266 e. The summed E-state index contributed by atoms with van der Waals surface area (Å²) >= 11 is 5.94. The molecular weight excluding hydrogens is 388 g/mol. The fourth-order valence-electron chi connectivity index (χ4n) is 3.99. The summed E-state index contributed by atoms with van der Waals surface area (Å²) in [6.07, 6.45) is 2.68. The van der Waals surface area contributed by atoms with E-state index in [9.17, 15) is 9.90 Å². The van der Waals surface area contributed by atoms with Crippen LogP contribution in [0.15, 0.2) is 59.8 Å². The van der Waals surface area contributed by atoms with E-state index in [1.54, 1.807) is 17.0 Å². The van der Waals surface area contributed by atoms with Crippen LogP contribution in [0, 0.1) is 0 Å². The summed E-state index contributed by atoms with van der Waals surface area (Å²) in [5.74, 6) is -0.0402. The molecule has 0 spiro atoms. The maximum absolute atomic E-state index is 12.8. The van der Waals surface area contributed by atoms with Crippen molar-refractivity contribution in [2.75, 3.05) is 13.1 Å². The Morgan fingerprint density at radius 1 is 1.10 bits per heavy atom. The van der Waals surface area contributed by atoms with Gasteiger partial charge in [0.2, 0.25) is 6.10 Å². The molecule has 152 valence electrons. The Kier molecular flexibility index (Phi) is 5.88. The maximum atomic E-state index is 12.8. The number of carbonyl (C=O) groups excluding carboxylic acids is 1. The van der Waals surface area contributed by atoms with E-state index < -0.39 is 11.7 Å². The van der Waals surface area contributed by atoms with Gasteiger partial charge in [0, 0.05) is 24.5 Å². The number of halogens is 1. The highest BCUT2D eigenvalue weighted by molar-refractivity contribution is 6.30. The lowest BCUT2D eigenvalue weighted by Crippen LogP contribution is -2.48.